The van der Waals surface area contributed by atoms with E-state index in [4.69, 9.17) is 24.4 Å². The number of amides is 1. The molecule has 2 fully saturated rings. The third kappa shape index (κ3) is 7.09. The summed E-state index contributed by atoms with van der Waals surface area (Å²) in [5.41, 5.74) is 0.858. The number of rotatable bonds is 6. The van der Waals surface area contributed by atoms with Crippen molar-refractivity contribution in [2.24, 2.45) is 0 Å². The van der Waals surface area contributed by atoms with Crippen molar-refractivity contribution >= 4 is 49.4 Å². The molecule has 2 saturated heterocycles. The fourth-order valence-corrected chi connectivity index (χ4v) is 6.39. The molecule has 222 valence electrons. The molecule has 41 heavy (non-hydrogen) atoms. The molecule has 5 rings (SSSR count). The Kier molecular flexibility index (Phi) is 8.43. The van der Waals surface area contributed by atoms with Gasteiger partial charge in [0.25, 0.3) is 0 Å². The van der Waals surface area contributed by atoms with Crippen LogP contribution < -0.4 is 9.80 Å². The molecule has 0 saturated carbocycles. The zero-order valence-electron chi connectivity index (χ0n) is 24.0. The molecule has 0 N–H and O–H groups in total. The fourth-order valence-electron chi connectivity index (χ4n) is 4.59. The van der Waals surface area contributed by atoms with Crippen LogP contribution in [-0.4, -0.2) is 115 Å². The van der Waals surface area contributed by atoms with Crippen LogP contribution in [0.15, 0.2) is 18.3 Å². The molecule has 0 unspecified atom stereocenters. The largest absolute Gasteiger partial charge is 0.443 e. The van der Waals surface area contributed by atoms with Gasteiger partial charge in [-0.05, 0) is 32.9 Å². The minimum absolute atomic E-state index is 0.452. The van der Waals surface area contributed by atoms with Gasteiger partial charge in [-0.1, -0.05) is 11.3 Å². The summed E-state index contributed by atoms with van der Waals surface area (Å²) in [7, 11) is -1.56. The number of fused-ring (bicyclic) bond motifs is 1. The zero-order chi connectivity index (χ0) is 29.4. The Morgan fingerprint density at radius 3 is 2.39 bits per heavy atom. The number of thiazole rings is 1. The maximum atomic E-state index is 12.5. The van der Waals surface area contributed by atoms with Crippen molar-refractivity contribution in [2.75, 3.05) is 75.6 Å². The molecule has 0 bridgehead atoms. The summed E-state index contributed by atoms with van der Waals surface area (Å²) in [6.07, 6.45) is 2.42. The van der Waals surface area contributed by atoms with Crippen LogP contribution in [0.4, 0.5) is 16.4 Å². The lowest BCUT2D eigenvalue weighted by Crippen LogP contribution is -2.47. The highest BCUT2D eigenvalue weighted by molar-refractivity contribution is 7.88. The number of anilines is 2. The topological polar surface area (TPSA) is 134 Å². The summed E-state index contributed by atoms with van der Waals surface area (Å²) < 4.78 is 36.3. The van der Waals surface area contributed by atoms with E-state index in [2.05, 4.69) is 14.8 Å². The second-order valence-electron chi connectivity index (χ2n) is 11.1. The van der Waals surface area contributed by atoms with Gasteiger partial charge in [-0.15, -0.1) is 0 Å². The molecule has 15 heteroatoms. The van der Waals surface area contributed by atoms with Gasteiger partial charge in [0.05, 0.1) is 26.0 Å². The maximum absolute atomic E-state index is 12.5. The number of sulfonamides is 1. The van der Waals surface area contributed by atoms with Gasteiger partial charge in [0.1, 0.15) is 26.8 Å². The van der Waals surface area contributed by atoms with Crippen LogP contribution in [0.1, 0.15) is 25.8 Å². The van der Waals surface area contributed by atoms with E-state index in [9.17, 15) is 13.2 Å². The number of ether oxygens (including phenoxy) is 2. The summed E-state index contributed by atoms with van der Waals surface area (Å²) in [4.78, 5) is 38.2. The van der Waals surface area contributed by atoms with Gasteiger partial charge >= 0.3 is 6.09 Å². The molecule has 13 nitrogen and oxygen atoms in total. The van der Waals surface area contributed by atoms with E-state index in [1.165, 1.54) is 26.8 Å². The van der Waals surface area contributed by atoms with E-state index in [1.54, 1.807) is 19.3 Å². The monoisotopic (exact) mass is 604 g/mol. The molecule has 5 heterocycles. The predicted molar refractivity (Wildman–Crippen MR) is 158 cm³/mol. The number of nitrogens with zero attached hydrogens (tertiary/aromatic N) is 8. The second kappa shape index (κ2) is 11.7. The average molecular weight is 605 g/mol. The molecule has 0 aliphatic carbocycles. The molecule has 2 aliphatic rings. The Morgan fingerprint density at radius 2 is 1.78 bits per heavy atom. The normalized spacial score (nSPS) is 17.6. The number of morpholine rings is 1. The quantitative estimate of drug-likeness (QED) is 0.411. The molecular formula is C26H36N8O5S2. The first-order valence-electron chi connectivity index (χ1n) is 13.5. The molecule has 0 spiro atoms. The molecule has 0 atom stereocenters. The Labute approximate surface area is 244 Å². The molecule has 2 aliphatic heterocycles. The number of carbonyl (C=O) groups excluding carboxylic acids is 1. The number of aromatic nitrogens is 4. The molecule has 3 aromatic rings. The third-order valence-corrected chi connectivity index (χ3v) is 9.01. The van der Waals surface area contributed by atoms with Crippen LogP contribution in [0.3, 0.4) is 0 Å². The SMILES string of the molecule is CN(C(=O)OC(C)(C)C)c1ccc(-c2nc(N3CCOCC3)c3nc(CN4CCN(S(C)(=O)=O)CC4)sc3n2)cn1. The minimum Gasteiger partial charge on any atom is -0.443 e. The summed E-state index contributed by atoms with van der Waals surface area (Å²) >= 11 is 1.52. The van der Waals surface area contributed by atoms with E-state index in [-0.39, 0.29) is 0 Å². The first kappa shape index (κ1) is 29.5. The van der Waals surface area contributed by atoms with Gasteiger partial charge in [-0.3, -0.25) is 9.80 Å². The second-order valence-corrected chi connectivity index (χ2v) is 14.2. The van der Waals surface area contributed by atoms with Crippen molar-refractivity contribution in [3.8, 4) is 11.4 Å². The zero-order valence-corrected chi connectivity index (χ0v) is 25.7. The van der Waals surface area contributed by atoms with Gasteiger partial charge in [0.2, 0.25) is 10.0 Å². The molecule has 1 amide bonds. The Bertz CT molecular complexity index is 1490. The van der Waals surface area contributed by atoms with Crippen LogP contribution in [0.25, 0.3) is 21.7 Å². The van der Waals surface area contributed by atoms with Crippen LogP contribution in [0.2, 0.25) is 0 Å². The highest BCUT2D eigenvalue weighted by atomic mass is 32.2. The van der Waals surface area contributed by atoms with Gasteiger partial charge in [0, 0.05) is 58.1 Å². The molecule has 0 radical (unpaired) electrons. The molecule has 0 aromatic carbocycles. The highest BCUT2D eigenvalue weighted by Gasteiger charge is 2.26. The maximum Gasteiger partial charge on any atom is 0.415 e. The average Bonchev–Trinajstić information content (AvgIpc) is 3.34. The van der Waals surface area contributed by atoms with Crippen molar-refractivity contribution in [3.05, 3.63) is 23.3 Å². The Balaban J connectivity index is 1.40. The number of piperazine rings is 1. The Hall–Kier alpha value is -2.98. The highest BCUT2D eigenvalue weighted by Crippen LogP contribution is 2.32. The number of pyridine rings is 1. The van der Waals surface area contributed by atoms with E-state index < -0.39 is 21.7 Å². The van der Waals surface area contributed by atoms with E-state index in [1.807, 2.05) is 26.8 Å². The van der Waals surface area contributed by atoms with Crippen LogP contribution in [0, 0.1) is 0 Å². The van der Waals surface area contributed by atoms with Crippen molar-refractivity contribution in [1.82, 2.24) is 29.1 Å². The van der Waals surface area contributed by atoms with Crippen molar-refractivity contribution in [2.45, 2.75) is 32.9 Å². The van der Waals surface area contributed by atoms with E-state index in [0.29, 0.717) is 70.7 Å². The van der Waals surface area contributed by atoms with E-state index in [0.717, 1.165) is 26.7 Å². The number of hydrogen-bond acceptors (Lipinski definition) is 12. The number of hydrogen-bond donors (Lipinski definition) is 0. The van der Waals surface area contributed by atoms with E-state index >= 15 is 0 Å². The van der Waals surface area contributed by atoms with Gasteiger partial charge in [-0.2, -0.15) is 4.31 Å². The van der Waals surface area contributed by atoms with Gasteiger partial charge in [0.15, 0.2) is 11.6 Å². The van der Waals surface area contributed by atoms with Crippen molar-refractivity contribution in [3.63, 3.8) is 0 Å². The third-order valence-electron chi connectivity index (χ3n) is 6.77. The lowest BCUT2D eigenvalue weighted by molar-refractivity contribution is 0.0588. The summed E-state index contributed by atoms with van der Waals surface area (Å²) in [6, 6.07) is 3.59. The molecule has 3 aromatic heterocycles. The summed E-state index contributed by atoms with van der Waals surface area (Å²) in [6.45, 7) is 10.9. The van der Waals surface area contributed by atoms with Crippen LogP contribution >= 0.6 is 11.3 Å². The first-order valence-corrected chi connectivity index (χ1v) is 16.1. The van der Waals surface area contributed by atoms with Crippen molar-refractivity contribution in [1.29, 1.82) is 0 Å². The standard InChI is InChI=1S/C26H36N8O5S2/c1-26(2,3)39-25(35)31(4)19-7-6-18(16-27-19)22-29-23(33-12-14-38-15-13-33)21-24(30-22)40-20(28-21)17-32-8-10-34(11-9-32)41(5,36)37/h6-7,16H,8-15,17H2,1-5H3. The van der Waals surface area contributed by atoms with Gasteiger partial charge < -0.3 is 14.4 Å². The number of carbonyl (C=O) groups is 1. The lowest BCUT2D eigenvalue weighted by atomic mass is 10.2. The van der Waals surface area contributed by atoms with Crippen molar-refractivity contribution < 1.29 is 22.7 Å². The molecular weight excluding hydrogens is 568 g/mol. The Morgan fingerprint density at radius 1 is 1.07 bits per heavy atom. The first-order chi connectivity index (χ1) is 19.4. The minimum atomic E-state index is -3.18. The predicted octanol–water partition coefficient (Wildman–Crippen LogP) is 2.43. The summed E-state index contributed by atoms with van der Waals surface area (Å²) in [5, 5.41) is 0.904. The van der Waals surface area contributed by atoms with Crippen LogP contribution in [0.5, 0.6) is 0 Å². The fraction of sp³-hybridized carbons (Fsp3) is 0.577. The lowest BCUT2D eigenvalue weighted by Gasteiger charge is -2.32. The smallest absolute Gasteiger partial charge is 0.415 e. The van der Waals surface area contributed by atoms with Gasteiger partial charge in [-0.25, -0.2) is 33.1 Å². The van der Waals surface area contributed by atoms with Crippen LogP contribution in [-0.2, 0) is 26.0 Å². The summed E-state index contributed by atoms with van der Waals surface area (Å²) in [5.74, 6) is 1.73.